The Morgan fingerprint density at radius 2 is 2.00 bits per heavy atom. The predicted molar refractivity (Wildman–Crippen MR) is 84.3 cm³/mol. The van der Waals surface area contributed by atoms with Crippen LogP contribution in [-0.4, -0.2) is 38.0 Å². The van der Waals surface area contributed by atoms with Crippen molar-refractivity contribution in [3.05, 3.63) is 35.4 Å². The lowest BCUT2D eigenvalue weighted by Crippen LogP contribution is -2.40. The van der Waals surface area contributed by atoms with Gasteiger partial charge in [-0.15, -0.1) is 0 Å². The highest BCUT2D eigenvalue weighted by atomic mass is 32.2. The van der Waals surface area contributed by atoms with Crippen molar-refractivity contribution in [2.24, 2.45) is 5.92 Å². The fourth-order valence-electron chi connectivity index (χ4n) is 1.84. The first-order valence-electron chi connectivity index (χ1n) is 6.96. The van der Waals surface area contributed by atoms with Crippen LogP contribution in [0, 0.1) is 12.8 Å². The lowest BCUT2D eigenvalue weighted by atomic mass is 10.1. The number of sulfonamides is 1. The third-order valence-electron chi connectivity index (χ3n) is 2.94. The van der Waals surface area contributed by atoms with Gasteiger partial charge in [-0.1, -0.05) is 43.7 Å². The molecule has 1 N–H and O–H groups in total. The first-order valence-corrected chi connectivity index (χ1v) is 8.80. The van der Waals surface area contributed by atoms with Gasteiger partial charge < -0.3 is 5.32 Å². The van der Waals surface area contributed by atoms with Crippen LogP contribution < -0.4 is 5.32 Å². The molecule has 1 rings (SSSR count). The zero-order valence-electron chi connectivity index (χ0n) is 13.1. The smallest absolute Gasteiger partial charge is 0.235 e. The Kier molecular flexibility index (Phi) is 6.36. The van der Waals surface area contributed by atoms with Crippen LogP contribution in [0.15, 0.2) is 24.3 Å². The van der Waals surface area contributed by atoms with E-state index in [1.165, 1.54) is 4.31 Å². The number of aryl methyl sites for hydroxylation is 1. The van der Waals surface area contributed by atoms with Gasteiger partial charge >= 0.3 is 0 Å². The topological polar surface area (TPSA) is 66.5 Å². The highest BCUT2D eigenvalue weighted by Gasteiger charge is 2.20. The molecule has 0 spiro atoms. The van der Waals surface area contributed by atoms with E-state index >= 15 is 0 Å². The summed E-state index contributed by atoms with van der Waals surface area (Å²) in [5.41, 5.74) is 1.93. The number of carbonyl (C=O) groups is 1. The maximum absolute atomic E-state index is 11.8. The molecule has 0 bridgehead atoms. The van der Waals surface area contributed by atoms with Crippen molar-refractivity contribution >= 4 is 15.9 Å². The SMILES string of the molecule is Cc1cccc(CN(CC(=O)NCC(C)C)S(C)(=O)=O)c1. The van der Waals surface area contributed by atoms with Gasteiger partial charge in [-0.05, 0) is 18.4 Å². The number of nitrogens with one attached hydrogen (secondary N) is 1. The molecule has 0 fully saturated rings. The van der Waals surface area contributed by atoms with Crippen LogP contribution in [0.25, 0.3) is 0 Å². The second-order valence-electron chi connectivity index (χ2n) is 5.72. The molecule has 0 heterocycles. The Labute approximate surface area is 127 Å². The molecule has 0 aliphatic heterocycles. The number of hydrogen-bond acceptors (Lipinski definition) is 3. The van der Waals surface area contributed by atoms with Gasteiger partial charge in [0.15, 0.2) is 0 Å². The van der Waals surface area contributed by atoms with Gasteiger partial charge in [0.05, 0.1) is 12.8 Å². The van der Waals surface area contributed by atoms with Crippen LogP contribution >= 0.6 is 0 Å². The molecule has 5 nitrogen and oxygen atoms in total. The summed E-state index contributed by atoms with van der Waals surface area (Å²) in [6, 6.07) is 7.61. The summed E-state index contributed by atoms with van der Waals surface area (Å²) < 4.78 is 24.9. The van der Waals surface area contributed by atoms with Crippen molar-refractivity contribution in [2.45, 2.75) is 27.3 Å². The molecule has 1 amide bonds. The van der Waals surface area contributed by atoms with Gasteiger partial charge in [0, 0.05) is 13.1 Å². The minimum atomic E-state index is -3.44. The molecule has 0 aliphatic carbocycles. The van der Waals surface area contributed by atoms with E-state index in [4.69, 9.17) is 0 Å². The summed E-state index contributed by atoms with van der Waals surface area (Å²) >= 11 is 0. The number of amides is 1. The molecule has 0 aliphatic rings. The van der Waals surface area contributed by atoms with E-state index < -0.39 is 10.0 Å². The quantitative estimate of drug-likeness (QED) is 0.830. The van der Waals surface area contributed by atoms with Crippen molar-refractivity contribution in [1.82, 2.24) is 9.62 Å². The molecule has 0 saturated carbocycles. The first-order chi connectivity index (χ1) is 9.68. The van der Waals surface area contributed by atoms with E-state index in [0.29, 0.717) is 12.5 Å². The zero-order chi connectivity index (χ0) is 16.0. The molecule has 118 valence electrons. The van der Waals surface area contributed by atoms with Crippen molar-refractivity contribution in [3.8, 4) is 0 Å². The summed E-state index contributed by atoms with van der Waals surface area (Å²) in [5, 5.41) is 2.74. The Morgan fingerprint density at radius 1 is 1.33 bits per heavy atom. The Bertz CT molecular complexity index is 582. The predicted octanol–water partition coefficient (Wildman–Crippen LogP) is 1.53. The number of nitrogens with zero attached hydrogens (tertiary/aromatic N) is 1. The third-order valence-corrected chi connectivity index (χ3v) is 4.13. The molecule has 0 atom stereocenters. The molecule has 6 heteroatoms. The average molecular weight is 312 g/mol. The lowest BCUT2D eigenvalue weighted by Gasteiger charge is -2.20. The molecule has 1 aromatic rings. The Balaban J connectivity index is 2.76. The summed E-state index contributed by atoms with van der Waals surface area (Å²) in [7, 11) is -3.44. The average Bonchev–Trinajstić information content (AvgIpc) is 2.34. The van der Waals surface area contributed by atoms with E-state index in [1.807, 2.05) is 45.0 Å². The number of rotatable bonds is 7. The van der Waals surface area contributed by atoms with Crippen molar-refractivity contribution < 1.29 is 13.2 Å². The molecule has 0 radical (unpaired) electrons. The summed E-state index contributed by atoms with van der Waals surface area (Å²) in [5.74, 6) is 0.0548. The second-order valence-corrected chi connectivity index (χ2v) is 7.70. The summed E-state index contributed by atoms with van der Waals surface area (Å²) in [6.07, 6.45) is 1.12. The van der Waals surface area contributed by atoms with Crippen molar-refractivity contribution in [3.63, 3.8) is 0 Å². The zero-order valence-corrected chi connectivity index (χ0v) is 13.9. The van der Waals surface area contributed by atoms with Crippen LogP contribution in [0.3, 0.4) is 0 Å². The van der Waals surface area contributed by atoms with Crippen molar-refractivity contribution in [1.29, 1.82) is 0 Å². The normalized spacial score (nSPS) is 11.9. The Hall–Kier alpha value is -1.40. The molecule has 0 saturated heterocycles. The van der Waals surface area contributed by atoms with Crippen LogP contribution in [0.4, 0.5) is 0 Å². The number of carbonyl (C=O) groups excluding carboxylic acids is 1. The van der Waals surface area contributed by atoms with E-state index in [1.54, 1.807) is 0 Å². The third kappa shape index (κ3) is 6.73. The Morgan fingerprint density at radius 3 is 2.52 bits per heavy atom. The summed E-state index contributed by atoms with van der Waals surface area (Å²) in [6.45, 7) is 6.52. The maximum atomic E-state index is 11.8. The van der Waals surface area contributed by atoms with E-state index in [2.05, 4.69) is 5.32 Å². The largest absolute Gasteiger partial charge is 0.355 e. The minimum absolute atomic E-state index is 0.153. The van der Waals surface area contributed by atoms with Gasteiger partial charge in [0.25, 0.3) is 0 Å². The highest BCUT2D eigenvalue weighted by Crippen LogP contribution is 2.10. The van der Waals surface area contributed by atoms with E-state index in [9.17, 15) is 13.2 Å². The van der Waals surface area contributed by atoms with Crippen LogP contribution in [0.5, 0.6) is 0 Å². The first kappa shape index (κ1) is 17.7. The maximum Gasteiger partial charge on any atom is 0.235 e. The van der Waals surface area contributed by atoms with E-state index in [0.717, 1.165) is 17.4 Å². The second kappa shape index (κ2) is 7.56. The minimum Gasteiger partial charge on any atom is -0.355 e. The molecule has 21 heavy (non-hydrogen) atoms. The highest BCUT2D eigenvalue weighted by molar-refractivity contribution is 7.88. The molecule has 0 unspecified atom stereocenters. The molecule has 0 aromatic heterocycles. The van der Waals surface area contributed by atoms with E-state index in [-0.39, 0.29) is 19.0 Å². The van der Waals surface area contributed by atoms with Gasteiger partial charge in [-0.25, -0.2) is 8.42 Å². The van der Waals surface area contributed by atoms with Gasteiger partial charge in [0.2, 0.25) is 15.9 Å². The van der Waals surface area contributed by atoms with Crippen LogP contribution in [0.2, 0.25) is 0 Å². The van der Waals surface area contributed by atoms with Gasteiger partial charge in [0.1, 0.15) is 0 Å². The van der Waals surface area contributed by atoms with Crippen LogP contribution in [-0.2, 0) is 21.4 Å². The molecular weight excluding hydrogens is 288 g/mol. The number of benzene rings is 1. The van der Waals surface area contributed by atoms with Gasteiger partial charge in [-0.2, -0.15) is 4.31 Å². The molecular formula is C15H24N2O3S. The summed E-state index contributed by atoms with van der Waals surface area (Å²) in [4.78, 5) is 11.8. The monoisotopic (exact) mass is 312 g/mol. The van der Waals surface area contributed by atoms with Gasteiger partial charge in [-0.3, -0.25) is 4.79 Å². The number of hydrogen-bond donors (Lipinski definition) is 1. The van der Waals surface area contributed by atoms with Crippen LogP contribution in [0.1, 0.15) is 25.0 Å². The lowest BCUT2D eigenvalue weighted by molar-refractivity contribution is -0.121. The fraction of sp³-hybridized carbons (Fsp3) is 0.533. The standard InChI is InChI=1S/C15H24N2O3S/c1-12(2)9-16-15(18)11-17(21(4,19)20)10-14-7-5-6-13(3)8-14/h5-8,12H,9-11H2,1-4H3,(H,16,18). The molecule has 1 aromatic carbocycles. The fourth-order valence-corrected chi connectivity index (χ4v) is 2.57. The van der Waals surface area contributed by atoms with Crippen molar-refractivity contribution in [2.75, 3.05) is 19.3 Å².